The molecule has 0 amide bonds. The van der Waals surface area contributed by atoms with Crippen LogP contribution in [0.4, 0.5) is 0 Å². The van der Waals surface area contributed by atoms with E-state index in [9.17, 15) is 0 Å². The molecule has 0 aliphatic rings. The molecular formula is C8H20Cl2O2Zr. The van der Waals surface area contributed by atoms with Crippen molar-refractivity contribution in [2.75, 3.05) is 13.2 Å². The van der Waals surface area contributed by atoms with E-state index >= 15 is 0 Å². The average Bonchev–Trinajstić information content (AvgIpc) is 2.09. The Bertz CT molecular complexity index is 49.4. The molecule has 0 heterocycles. The average molecular weight is 310 g/mol. The Morgan fingerprint density at radius 2 is 1.15 bits per heavy atom. The van der Waals surface area contributed by atoms with Gasteiger partial charge in [-0.2, -0.15) is 0 Å². The van der Waals surface area contributed by atoms with E-state index in [-0.39, 0.29) is 0 Å². The Morgan fingerprint density at radius 1 is 0.923 bits per heavy atom. The zero-order chi connectivity index (χ0) is 10.9. The predicted molar refractivity (Wildman–Crippen MR) is 55.7 cm³/mol. The van der Waals surface area contributed by atoms with E-state index in [1.54, 1.807) is 0 Å². The topological polar surface area (TPSA) is 40.5 Å². The van der Waals surface area contributed by atoms with Crippen molar-refractivity contribution in [3.8, 4) is 0 Å². The second kappa shape index (κ2) is 29.2. The molecule has 0 rings (SSSR count). The van der Waals surface area contributed by atoms with Crippen LogP contribution in [0.1, 0.15) is 39.5 Å². The summed E-state index contributed by atoms with van der Waals surface area (Å²) in [6.45, 7) is 4.79. The van der Waals surface area contributed by atoms with Crippen molar-refractivity contribution in [1.82, 2.24) is 0 Å². The van der Waals surface area contributed by atoms with Crippen LogP contribution >= 0.6 is 17.0 Å². The van der Waals surface area contributed by atoms with E-state index in [4.69, 9.17) is 27.2 Å². The fourth-order valence-corrected chi connectivity index (χ4v) is 0.316. The van der Waals surface area contributed by atoms with Crippen LogP contribution in [0.25, 0.3) is 0 Å². The van der Waals surface area contributed by atoms with E-state index in [1.165, 1.54) is 0 Å². The molecule has 0 saturated carbocycles. The number of aliphatic hydroxyl groups is 2. The first-order valence-corrected chi connectivity index (χ1v) is 10.8. The molecule has 0 radical (unpaired) electrons. The maximum absolute atomic E-state index is 8.07. The first kappa shape index (κ1) is 19.9. The van der Waals surface area contributed by atoms with Crippen LogP contribution in [0.3, 0.4) is 0 Å². The molecule has 0 atom stereocenters. The Morgan fingerprint density at radius 3 is 1.15 bits per heavy atom. The molecule has 0 aromatic heterocycles. The van der Waals surface area contributed by atoms with E-state index in [0.29, 0.717) is 13.2 Å². The van der Waals surface area contributed by atoms with Gasteiger partial charge in [-0.1, -0.05) is 26.7 Å². The molecule has 0 bridgehead atoms. The summed E-state index contributed by atoms with van der Waals surface area (Å²) in [4.78, 5) is 0. The first-order valence-electron chi connectivity index (χ1n) is 4.42. The van der Waals surface area contributed by atoms with Crippen molar-refractivity contribution in [2.24, 2.45) is 0 Å². The van der Waals surface area contributed by atoms with Crippen LogP contribution in [0, 0.1) is 0 Å². The van der Waals surface area contributed by atoms with Crippen LogP contribution < -0.4 is 0 Å². The van der Waals surface area contributed by atoms with Gasteiger partial charge in [0, 0.05) is 13.2 Å². The molecule has 0 aromatic rings. The number of hydrogen-bond acceptors (Lipinski definition) is 2. The molecule has 0 aliphatic carbocycles. The van der Waals surface area contributed by atoms with E-state index in [0.717, 1.165) is 25.7 Å². The monoisotopic (exact) mass is 308 g/mol. The summed E-state index contributed by atoms with van der Waals surface area (Å²) in [5.74, 6) is 0. The van der Waals surface area contributed by atoms with Gasteiger partial charge in [0.15, 0.2) is 0 Å². The molecule has 0 spiro atoms. The number of aliphatic hydroxyl groups excluding tert-OH is 2. The Hall–Kier alpha value is 1.38. The van der Waals surface area contributed by atoms with E-state index < -0.39 is 20.8 Å². The number of hydrogen-bond donors (Lipinski definition) is 2. The molecule has 13 heavy (non-hydrogen) atoms. The Kier molecular flexibility index (Phi) is 44.7. The summed E-state index contributed by atoms with van der Waals surface area (Å²) in [6.07, 6.45) is 4.08. The number of rotatable bonds is 4. The van der Waals surface area contributed by atoms with Crippen LogP contribution in [0.15, 0.2) is 0 Å². The minimum absolute atomic E-state index is 0.344. The summed E-state index contributed by atoms with van der Waals surface area (Å²) >= 11 is -0.826. The molecule has 2 N–H and O–H groups in total. The molecular weight excluding hydrogens is 290 g/mol. The van der Waals surface area contributed by atoms with Crippen molar-refractivity contribution in [2.45, 2.75) is 39.5 Å². The van der Waals surface area contributed by atoms with E-state index in [1.807, 2.05) is 0 Å². The van der Waals surface area contributed by atoms with Gasteiger partial charge in [0.2, 0.25) is 0 Å². The van der Waals surface area contributed by atoms with Gasteiger partial charge in [-0.25, -0.2) is 0 Å². The van der Waals surface area contributed by atoms with Gasteiger partial charge in [0.1, 0.15) is 0 Å². The van der Waals surface area contributed by atoms with Gasteiger partial charge in [-0.05, 0) is 12.8 Å². The second-order valence-electron chi connectivity index (χ2n) is 2.23. The summed E-state index contributed by atoms with van der Waals surface area (Å²) in [7, 11) is 9.87. The molecule has 0 saturated heterocycles. The molecule has 5 heteroatoms. The summed E-state index contributed by atoms with van der Waals surface area (Å²) in [5.41, 5.74) is 0. The van der Waals surface area contributed by atoms with Crippen LogP contribution in [-0.2, 0) is 20.8 Å². The van der Waals surface area contributed by atoms with Gasteiger partial charge in [0.25, 0.3) is 0 Å². The van der Waals surface area contributed by atoms with Gasteiger partial charge in [-0.3, -0.25) is 0 Å². The van der Waals surface area contributed by atoms with E-state index in [2.05, 4.69) is 13.8 Å². The van der Waals surface area contributed by atoms with Gasteiger partial charge in [0.05, 0.1) is 0 Å². The number of unbranched alkanes of at least 4 members (excludes halogenated alkanes) is 2. The van der Waals surface area contributed by atoms with Gasteiger partial charge in [-0.15, -0.1) is 0 Å². The normalized spacial score (nSPS) is 7.54. The van der Waals surface area contributed by atoms with Gasteiger partial charge >= 0.3 is 37.9 Å². The van der Waals surface area contributed by atoms with Gasteiger partial charge < -0.3 is 10.2 Å². The molecule has 0 aromatic carbocycles. The maximum atomic E-state index is 8.07. The Labute approximate surface area is 100 Å². The quantitative estimate of drug-likeness (QED) is 0.838. The van der Waals surface area contributed by atoms with Crippen LogP contribution in [0.2, 0.25) is 0 Å². The third kappa shape index (κ3) is 59.8. The van der Waals surface area contributed by atoms with Crippen molar-refractivity contribution in [3.63, 3.8) is 0 Å². The number of halogens is 2. The fraction of sp³-hybridized carbons (Fsp3) is 1.00. The third-order valence-corrected chi connectivity index (χ3v) is 1.02. The molecule has 82 valence electrons. The van der Waals surface area contributed by atoms with Crippen molar-refractivity contribution in [1.29, 1.82) is 0 Å². The summed E-state index contributed by atoms with van der Waals surface area (Å²) in [5, 5.41) is 16.1. The van der Waals surface area contributed by atoms with Crippen molar-refractivity contribution in [3.05, 3.63) is 0 Å². The van der Waals surface area contributed by atoms with Crippen LogP contribution in [0.5, 0.6) is 0 Å². The fourth-order valence-electron chi connectivity index (χ4n) is 0.316. The molecule has 2 nitrogen and oxygen atoms in total. The minimum atomic E-state index is -0.826. The second-order valence-corrected chi connectivity index (χ2v) is 5.96. The predicted octanol–water partition coefficient (Wildman–Crippen LogP) is 2.93. The molecule has 0 aliphatic heterocycles. The standard InChI is InChI=1S/2C4H10O.2ClH.Zr/c2*1-2-3-4-5;;;/h2*5H,2-4H2,1H3;2*1H;/q;;;;+2/p-2. The summed E-state index contributed by atoms with van der Waals surface area (Å²) in [6, 6.07) is 0. The summed E-state index contributed by atoms with van der Waals surface area (Å²) < 4.78 is 0. The zero-order valence-corrected chi connectivity index (χ0v) is 12.4. The Balaban J connectivity index is -0.000000120. The SMILES string of the molecule is CCCCO.CCCCO.[Cl][Zr][Cl]. The zero-order valence-electron chi connectivity index (χ0n) is 8.39. The van der Waals surface area contributed by atoms with Crippen LogP contribution in [-0.4, -0.2) is 23.4 Å². The molecule has 0 unspecified atom stereocenters. The van der Waals surface area contributed by atoms with Crippen molar-refractivity contribution >= 4 is 17.0 Å². The van der Waals surface area contributed by atoms with Crippen molar-refractivity contribution < 1.29 is 31.1 Å². The first-order chi connectivity index (χ1) is 6.24. The molecule has 0 fully saturated rings. The third-order valence-electron chi connectivity index (χ3n) is 1.02.